The molecular formula is C43H34N2. The van der Waals surface area contributed by atoms with E-state index in [1.807, 2.05) is 18.2 Å². The zero-order valence-corrected chi connectivity index (χ0v) is 25.4. The van der Waals surface area contributed by atoms with Crippen molar-refractivity contribution in [2.75, 3.05) is 0 Å². The van der Waals surface area contributed by atoms with Gasteiger partial charge >= 0.3 is 0 Å². The molecule has 0 fully saturated rings. The summed E-state index contributed by atoms with van der Waals surface area (Å²) in [5, 5.41) is 3.68. The van der Waals surface area contributed by atoms with Gasteiger partial charge in [0.25, 0.3) is 0 Å². The number of fused-ring (bicyclic) bond motifs is 4. The van der Waals surface area contributed by atoms with Crippen LogP contribution in [0.2, 0.25) is 0 Å². The lowest BCUT2D eigenvalue weighted by molar-refractivity contribution is 1.10. The Morgan fingerprint density at radius 3 is 1.89 bits per heavy atom. The third-order valence-electron chi connectivity index (χ3n) is 8.57. The van der Waals surface area contributed by atoms with Crippen molar-refractivity contribution >= 4 is 50.4 Å². The number of hydrogen-bond donors (Lipinski definition) is 0. The van der Waals surface area contributed by atoms with Crippen LogP contribution in [0.3, 0.4) is 0 Å². The zero-order valence-electron chi connectivity index (χ0n) is 25.4. The standard InChI is InChI=1S/C43H34N2/c1-5-14-30(7-3)31-20-24-35(25-21-31)44-40(8-4)36(15-6-2)38-28-32(22-26-42(38)44)33-23-27-43-39(29-33)37-18-12-13-19-41(37)45(43)34-16-10-9-11-17-34/h5-29H,1,3-4H2,2H3/b15-6-,30-14+. The van der Waals surface area contributed by atoms with Gasteiger partial charge in [0.1, 0.15) is 0 Å². The van der Waals surface area contributed by atoms with Crippen molar-refractivity contribution < 1.29 is 0 Å². The van der Waals surface area contributed by atoms with E-state index in [1.54, 1.807) is 6.08 Å². The van der Waals surface area contributed by atoms with Gasteiger partial charge in [-0.2, -0.15) is 0 Å². The van der Waals surface area contributed by atoms with Gasteiger partial charge < -0.3 is 9.13 Å². The van der Waals surface area contributed by atoms with Crippen LogP contribution in [0.1, 0.15) is 23.7 Å². The van der Waals surface area contributed by atoms with Gasteiger partial charge in [-0.15, -0.1) is 0 Å². The van der Waals surface area contributed by atoms with Crippen LogP contribution in [0.15, 0.2) is 159 Å². The second-order valence-electron chi connectivity index (χ2n) is 11.1. The van der Waals surface area contributed by atoms with Crippen molar-refractivity contribution in [2.24, 2.45) is 0 Å². The first-order chi connectivity index (χ1) is 22.2. The first-order valence-corrected chi connectivity index (χ1v) is 15.3. The van der Waals surface area contributed by atoms with Crippen molar-refractivity contribution in [3.63, 3.8) is 0 Å². The van der Waals surface area contributed by atoms with Crippen LogP contribution < -0.4 is 0 Å². The first kappa shape index (κ1) is 27.9. The molecule has 2 nitrogen and oxygen atoms in total. The lowest BCUT2D eigenvalue weighted by atomic mass is 10.00. The summed E-state index contributed by atoms with van der Waals surface area (Å²) in [6, 6.07) is 41.5. The van der Waals surface area contributed by atoms with Crippen LogP contribution in [0.25, 0.3) is 72.9 Å². The maximum atomic E-state index is 4.22. The number of aromatic nitrogens is 2. The molecule has 0 amide bonds. The van der Waals surface area contributed by atoms with Crippen LogP contribution in [-0.4, -0.2) is 9.13 Å². The molecule has 7 aromatic rings. The van der Waals surface area contributed by atoms with E-state index in [0.29, 0.717) is 0 Å². The Kier molecular flexibility index (Phi) is 7.25. The predicted octanol–water partition coefficient (Wildman–Crippen LogP) is 11.8. The van der Waals surface area contributed by atoms with Gasteiger partial charge in [0, 0.05) is 33.1 Å². The second kappa shape index (κ2) is 11.7. The van der Waals surface area contributed by atoms with Crippen LogP contribution >= 0.6 is 0 Å². The molecule has 0 saturated carbocycles. The van der Waals surface area contributed by atoms with Crippen LogP contribution in [0, 0.1) is 0 Å². The molecule has 0 aliphatic heterocycles. The van der Waals surface area contributed by atoms with Crippen LogP contribution in [0.4, 0.5) is 0 Å². The second-order valence-corrected chi connectivity index (χ2v) is 11.1. The summed E-state index contributed by atoms with van der Waals surface area (Å²) in [4.78, 5) is 0. The van der Waals surface area contributed by atoms with Crippen LogP contribution in [-0.2, 0) is 0 Å². The highest BCUT2D eigenvalue weighted by Crippen LogP contribution is 2.38. The van der Waals surface area contributed by atoms with Gasteiger partial charge in [-0.05, 0) is 89.9 Å². The first-order valence-electron chi connectivity index (χ1n) is 15.3. The largest absolute Gasteiger partial charge is 0.309 e. The number of hydrogen-bond acceptors (Lipinski definition) is 0. The number of allylic oxidation sites excluding steroid dienone is 5. The fraction of sp³-hybridized carbons (Fsp3) is 0.0233. The van der Waals surface area contributed by atoms with E-state index in [0.717, 1.165) is 39.3 Å². The van der Waals surface area contributed by atoms with Gasteiger partial charge in [-0.1, -0.05) is 111 Å². The Hall–Kier alpha value is -5.86. The molecular weight excluding hydrogens is 544 g/mol. The highest BCUT2D eigenvalue weighted by Gasteiger charge is 2.17. The van der Waals surface area contributed by atoms with E-state index in [9.17, 15) is 0 Å². The number of para-hydroxylation sites is 2. The van der Waals surface area contributed by atoms with E-state index in [-0.39, 0.29) is 0 Å². The molecule has 0 N–H and O–H groups in total. The fourth-order valence-corrected chi connectivity index (χ4v) is 6.56. The Morgan fingerprint density at radius 2 is 1.22 bits per heavy atom. The lowest BCUT2D eigenvalue weighted by Gasteiger charge is -2.11. The van der Waals surface area contributed by atoms with E-state index in [4.69, 9.17) is 0 Å². The molecule has 216 valence electrons. The van der Waals surface area contributed by atoms with Gasteiger partial charge in [-0.25, -0.2) is 0 Å². The van der Waals surface area contributed by atoms with E-state index >= 15 is 0 Å². The molecule has 0 atom stereocenters. The average Bonchev–Trinajstić information content (AvgIpc) is 3.59. The minimum atomic E-state index is 1.04. The molecule has 2 heteroatoms. The van der Waals surface area contributed by atoms with E-state index in [2.05, 4.69) is 163 Å². The van der Waals surface area contributed by atoms with Crippen molar-refractivity contribution in [2.45, 2.75) is 6.92 Å². The van der Waals surface area contributed by atoms with Gasteiger partial charge in [0.05, 0.1) is 22.2 Å². The number of benzene rings is 5. The summed E-state index contributed by atoms with van der Waals surface area (Å²) in [5.41, 5.74) is 12.5. The van der Waals surface area contributed by atoms with Gasteiger partial charge in [0.15, 0.2) is 0 Å². The molecule has 2 heterocycles. The highest BCUT2D eigenvalue weighted by atomic mass is 15.0. The average molecular weight is 579 g/mol. The monoisotopic (exact) mass is 578 g/mol. The summed E-state index contributed by atoms with van der Waals surface area (Å²) in [5.74, 6) is 0. The van der Waals surface area contributed by atoms with Crippen molar-refractivity contribution in [3.05, 3.63) is 176 Å². The van der Waals surface area contributed by atoms with E-state index < -0.39 is 0 Å². The fourth-order valence-electron chi connectivity index (χ4n) is 6.56. The summed E-state index contributed by atoms with van der Waals surface area (Å²) >= 11 is 0. The summed E-state index contributed by atoms with van der Waals surface area (Å²) < 4.78 is 4.65. The van der Waals surface area contributed by atoms with Gasteiger partial charge in [-0.3, -0.25) is 0 Å². The molecule has 0 bridgehead atoms. The molecule has 0 aliphatic carbocycles. The van der Waals surface area contributed by atoms with E-state index in [1.165, 1.54) is 38.3 Å². The SMILES string of the molecule is C=C/C=C(\C=C)c1ccc(-n2c(C=C)c(/C=C\C)c3cc(-c4ccc5c(c4)c4ccccc4n5-c4ccccc4)ccc32)cc1. The Bertz CT molecular complexity index is 2300. The molecule has 0 saturated heterocycles. The van der Waals surface area contributed by atoms with Crippen molar-refractivity contribution in [3.8, 4) is 22.5 Å². The summed E-state index contributed by atoms with van der Waals surface area (Å²) in [7, 11) is 0. The number of rotatable bonds is 8. The molecule has 0 aliphatic rings. The number of nitrogens with zero attached hydrogens (tertiary/aromatic N) is 2. The maximum Gasteiger partial charge on any atom is 0.0541 e. The topological polar surface area (TPSA) is 9.86 Å². The lowest BCUT2D eigenvalue weighted by Crippen LogP contribution is -1.97. The summed E-state index contributed by atoms with van der Waals surface area (Å²) in [6.45, 7) is 14.1. The summed E-state index contributed by atoms with van der Waals surface area (Å²) in [6.07, 6.45) is 11.9. The molecule has 7 rings (SSSR count). The molecule has 2 aromatic heterocycles. The third kappa shape index (κ3) is 4.68. The molecule has 0 unspecified atom stereocenters. The van der Waals surface area contributed by atoms with Crippen molar-refractivity contribution in [1.82, 2.24) is 9.13 Å². The van der Waals surface area contributed by atoms with Gasteiger partial charge in [0.2, 0.25) is 0 Å². The Balaban J connectivity index is 1.40. The molecule has 45 heavy (non-hydrogen) atoms. The highest BCUT2D eigenvalue weighted by molar-refractivity contribution is 6.10. The maximum absolute atomic E-state index is 4.22. The molecule has 0 spiro atoms. The quantitative estimate of drug-likeness (QED) is 0.159. The predicted molar refractivity (Wildman–Crippen MR) is 196 cm³/mol. The minimum absolute atomic E-state index is 1.04. The van der Waals surface area contributed by atoms with Crippen molar-refractivity contribution in [1.29, 1.82) is 0 Å². The smallest absolute Gasteiger partial charge is 0.0541 e. The normalized spacial score (nSPS) is 12.0. The third-order valence-corrected chi connectivity index (χ3v) is 8.57. The van der Waals surface area contributed by atoms with Crippen LogP contribution in [0.5, 0.6) is 0 Å². The minimum Gasteiger partial charge on any atom is -0.309 e. The zero-order chi connectivity index (χ0) is 30.9. The Labute approximate surface area is 264 Å². The molecule has 5 aromatic carbocycles. The molecule has 0 radical (unpaired) electrons. The Morgan fingerprint density at radius 1 is 0.600 bits per heavy atom.